The molecule has 1 saturated heterocycles. The molecule has 2 N–H and O–H groups in total. The van der Waals surface area contributed by atoms with Crippen LogP contribution in [0.15, 0.2) is 0 Å². The largest absolute Gasteiger partial charge is 0.481 e. The first-order valence-electron chi connectivity index (χ1n) is 7.82. The zero-order chi connectivity index (χ0) is 14.5. The summed E-state index contributed by atoms with van der Waals surface area (Å²) in [6, 6.07) is 0.174. The summed E-state index contributed by atoms with van der Waals surface area (Å²) in [5, 5.41) is 12.4. The fourth-order valence-corrected chi connectivity index (χ4v) is 3.70. The van der Waals surface area contributed by atoms with Crippen molar-refractivity contribution in [2.45, 2.75) is 64.0 Å². The predicted molar refractivity (Wildman–Crippen MR) is 76.4 cm³/mol. The lowest BCUT2D eigenvalue weighted by molar-refractivity contribution is -0.146. The predicted octanol–water partition coefficient (Wildman–Crippen LogP) is 1.62. The third-order valence-corrected chi connectivity index (χ3v) is 4.65. The summed E-state index contributed by atoms with van der Waals surface area (Å²) in [5.74, 6) is -1.12. The molecule has 3 atom stereocenters. The van der Waals surface area contributed by atoms with Crippen molar-refractivity contribution in [2.75, 3.05) is 13.1 Å². The Morgan fingerprint density at radius 2 is 1.75 bits per heavy atom. The van der Waals surface area contributed by atoms with Crippen molar-refractivity contribution in [3.05, 3.63) is 0 Å². The summed E-state index contributed by atoms with van der Waals surface area (Å²) in [4.78, 5) is 25.1. The van der Waals surface area contributed by atoms with E-state index in [1.54, 1.807) is 0 Å². The first-order chi connectivity index (χ1) is 9.58. The smallest absolute Gasteiger partial charge is 0.308 e. The normalized spacial score (nSPS) is 32.4. The average molecular weight is 282 g/mol. The van der Waals surface area contributed by atoms with E-state index >= 15 is 0 Å². The molecule has 114 valence electrons. The summed E-state index contributed by atoms with van der Waals surface area (Å²) in [7, 11) is 0. The number of carbonyl (C=O) groups is 2. The molecule has 5 heteroatoms. The Morgan fingerprint density at radius 3 is 2.30 bits per heavy atom. The molecule has 0 aromatic rings. The van der Waals surface area contributed by atoms with Crippen LogP contribution in [-0.2, 0) is 9.59 Å². The van der Waals surface area contributed by atoms with Crippen molar-refractivity contribution in [3.63, 3.8) is 0 Å². The van der Waals surface area contributed by atoms with E-state index in [-0.39, 0.29) is 23.9 Å². The summed E-state index contributed by atoms with van der Waals surface area (Å²) in [6.45, 7) is 3.55. The number of nitrogens with one attached hydrogen (secondary N) is 1. The van der Waals surface area contributed by atoms with Gasteiger partial charge < -0.3 is 10.4 Å². The van der Waals surface area contributed by atoms with Gasteiger partial charge in [-0.25, -0.2) is 0 Å². The molecule has 2 fully saturated rings. The molecule has 2 rings (SSSR count). The fraction of sp³-hybridized carbons (Fsp3) is 0.867. The van der Waals surface area contributed by atoms with Crippen LogP contribution in [-0.4, -0.2) is 47.1 Å². The molecule has 1 heterocycles. The highest BCUT2D eigenvalue weighted by Gasteiger charge is 2.38. The number of carboxylic acids is 1. The summed E-state index contributed by atoms with van der Waals surface area (Å²) < 4.78 is 0. The van der Waals surface area contributed by atoms with E-state index in [1.807, 2.05) is 0 Å². The second-order valence-electron chi connectivity index (χ2n) is 6.17. The van der Waals surface area contributed by atoms with Crippen LogP contribution in [0.4, 0.5) is 0 Å². The van der Waals surface area contributed by atoms with Gasteiger partial charge in [0.05, 0.1) is 5.92 Å². The lowest BCUT2D eigenvalue weighted by Gasteiger charge is -2.40. The van der Waals surface area contributed by atoms with Crippen molar-refractivity contribution < 1.29 is 14.7 Å². The summed E-state index contributed by atoms with van der Waals surface area (Å²) in [5.41, 5.74) is 0. The Hall–Kier alpha value is -1.10. The maximum Gasteiger partial charge on any atom is 0.308 e. The first kappa shape index (κ1) is 15.3. The minimum atomic E-state index is -0.714. The van der Waals surface area contributed by atoms with Crippen LogP contribution in [0.1, 0.15) is 51.9 Å². The molecule has 3 unspecified atom stereocenters. The van der Waals surface area contributed by atoms with Crippen molar-refractivity contribution in [1.29, 1.82) is 0 Å². The van der Waals surface area contributed by atoms with Gasteiger partial charge in [0.1, 0.15) is 0 Å². The van der Waals surface area contributed by atoms with Crippen LogP contribution in [0.25, 0.3) is 0 Å². The van der Waals surface area contributed by atoms with Crippen LogP contribution in [0.2, 0.25) is 0 Å². The van der Waals surface area contributed by atoms with E-state index in [0.29, 0.717) is 6.42 Å². The van der Waals surface area contributed by atoms with E-state index in [4.69, 9.17) is 0 Å². The minimum Gasteiger partial charge on any atom is -0.481 e. The van der Waals surface area contributed by atoms with E-state index in [1.165, 1.54) is 32.6 Å². The molecule has 20 heavy (non-hydrogen) atoms. The number of aliphatic carboxylic acids is 1. The van der Waals surface area contributed by atoms with E-state index < -0.39 is 5.97 Å². The number of hydrogen-bond donors (Lipinski definition) is 2. The number of amides is 1. The molecule has 1 amide bonds. The number of carbonyl (C=O) groups excluding carboxylic acids is 1. The van der Waals surface area contributed by atoms with E-state index in [9.17, 15) is 14.7 Å². The Morgan fingerprint density at radius 1 is 1.10 bits per heavy atom. The van der Waals surface area contributed by atoms with Crippen molar-refractivity contribution in [2.24, 2.45) is 5.92 Å². The van der Waals surface area contributed by atoms with Crippen molar-refractivity contribution in [1.82, 2.24) is 10.2 Å². The first-order valence-corrected chi connectivity index (χ1v) is 7.82. The number of carboxylic acid groups (broad SMARTS) is 1. The Bertz CT molecular complexity index is 351. The Balaban J connectivity index is 2.01. The third-order valence-electron chi connectivity index (χ3n) is 4.65. The minimum absolute atomic E-state index is 0.0248. The summed E-state index contributed by atoms with van der Waals surface area (Å²) in [6.07, 6.45) is 7.21. The molecular weight excluding hydrogens is 256 g/mol. The molecular formula is C15H26N2O3. The highest BCUT2D eigenvalue weighted by atomic mass is 16.4. The average Bonchev–Trinajstić information content (AvgIpc) is 2.66. The SMILES string of the molecule is CC(=O)NC1CCC(N2CCCCCC2)C(C(=O)O)C1. The second kappa shape index (κ2) is 7.07. The quantitative estimate of drug-likeness (QED) is 0.825. The monoisotopic (exact) mass is 282 g/mol. The Kier molecular flexibility index (Phi) is 5.40. The molecule has 2 aliphatic rings. The molecule has 0 aromatic carbocycles. The number of hydrogen-bond acceptors (Lipinski definition) is 3. The zero-order valence-electron chi connectivity index (χ0n) is 12.3. The number of rotatable bonds is 3. The maximum absolute atomic E-state index is 11.6. The van der Waals surface area contributed by atoms with Crippen molar-refractivity contribution in [3.8, 4) is 0 Å². The topological polar surface area (TPSA) is 69.6 Å². The third kappa shape index (κ3) is 3.95. The van der Waals surface area contributed by atoms with Crippen LogP contribution >= 0.6 is 0 Å². The molecule has 0 bridgehead atoms. The molecule has 1 aliphatic heterocycles. The van der Waals surface area contributed by atoms with Gasteiger partial charge in [0.2, 0.25) is 5.91 Å². The van der Waals surface area contributed by atoms with Gasteiger partial charge in [-0.2, -0.15) is 0 Å². The second-order valence-corrected chi connectivity index (χ2v) is 6.17. The van der Waals surface area contributed by atoms with Gasteiger partial charge >= 0.3 is 5.97 Å². The molecule has 1 saturated carbocycles. The van der Waals surface area contributed by atoms with Crippen LogP contribution in [0, 0.1) is 5.92 Å². The molecule has 0 radical (unpaired) electrons. The van der Waals surface area contributed by atoms with Gasteiger partial charge in [-0.15, -0.1) is 0 Å². The van der Waals surface area contributed by atoms with Crippen molar-refractivity contribution >= 4 is 11.9 Å². The lowest BCUT2D eigenvalue weighted by Crippen LogP contribution is -2.51. The van der Waals surface area contributed by atoms with E-state index in [2.05, 4.69) is 10.2 Å². The maximum atomic E-state index is 11.6. The van der Waals surface area contributed by atoms with Crippen LogP contribution in [0.5, 0.6) is 0 Å². The van der Waals surface area contributed by atoms with Crippen LogP contribution in [0.3, 0.4) is 0 Å². The van der Waals surface area contributed by atoms with Gasteiger partial charge in [0.25, 0.3) is 0 Å². The van der Waals surface area contributed by atoms with Crippen LogP contribution < -0.4 is 5.32 Å². The number of likely N-dealkylation sites (tertiary alicyclic amines) is 1. The molecule has 1 aliphatic carbocycles. The van der Waals surface area contributed by atoms with E-state index in [0.717, 1.165) is 25.9 Å². The van der Waals surface area contributed by atoms with Gasteiger partial charge in [0.15, 0.2) is 0 Å². The molecule has 0 aromatic heterocycles. The highest BCUT2D eigenvalue weighted by Crippen LogP contribution is 2.30. The van der Waals surface area contributed by atoms with Gasteiger partial charge in [-0.1, -0.05) is 12.8 Å². The Labute approximate surface area is 120 Å². The zero-order valence-corrected chi connectivity index (χ0v) is 12.3. The standard InChI is InChI=1S/C15H26N2O3/c1-11(18)16-12-6-7-14(13(10-12)15(19)20)17-8-4-2-3-5-9-17/h12-14H,2-10H2,1H3,(H,16,18)(H,19,20). The summed E-state index contributed by atoms with van der Waals surface area (Å²) >= 11 is 0. The molecule has 0 spiro atoms. The highest BCUT2D eigenvalue weighted by molar-refractivity contribution is 5.74. The van der Waals surface area contributed by atoms with Gasteiger partial charge in [0, 0.05) is 19.0 Å². The lowest BCUT2D eigenvalue weighted by atomic mass is 9.80. The fourth-order valence-electron chi connectivity index (χ4n) is 3.70. The molecule has 5 nitrogen and oxygen atoms in total. The van der Waals surface area contributed by atoms with Gasteiger partial charge in [-0.05, 0) is 45.2 Å². The van der Waals surface area contributed by atoms with Gasteiger partial charge in [-0.3, -0.25) is 14.5 Å². The number of nitrogens with zero attached hydrogens (tertiary/aromatic N) is 1.